The van der Waals surface area contributed by atoms with Gasteiger partial charge in [-0.15, -0.1) is 0 Å². The number of esters is 1. The number of nitrogens with one attached hydrogen (secondary N) is 1. The van der Waals surface area contributed by atoms with Gasteiger partial charge in [-0.25, -0.2) is 9.78 Å². The van der Waals surface area contributed by atoms with Crippen LogP contribution in [0.1, 0.15) is 17.3 Å². The van der Waals surface area contributed by atoms with Gasteiger partial charge in [-0.05, 0) is 43.3 Å². The standard InChI is InChI=1S/C20H16ClN3O6/c1-11(19(25)23-16-10-14(24(27)28)5-7-17(16)29-2)30-20(26)13-3-6-15-12(9-13)4-8-18(21)22-15/h3-11H,1-2H3,(H,23,25). The first-order chi connectivity index (χ1) is 14.3. The maximum Gasteiger partial charge on any atom is 0.338 e. The fourth-order valence-corrected chi connectivity index (χ4v) is 2.81. The van der Waals surface area contributed by atoms with Crippen LogP contribution in [0.15, 0.2) is 48.5 Å². The number of halogens is 1. The quantitative estimate of drug-likeness (QED) is 0.272. The van der Waals surface area contributed by atoms with E-state index < -0.39 is 22.9 Å². The fraction of sp³-hybridized carbons (Fsp3) is 0.150. The molecule has 0 saturated carbocycles. The molecule has 1 heterocycles. The summed E-state index contributed by atoms with van der Waals surface area (Å²) in [7, 11) is 1.36. The SMILES string of the molecule is COc1ccc([N+](=O)[O-])cc1NC(=O)C(C)OC(=O)c1ccc2nc(Cl)ccc2c1. The minimum atomic E-state index is -1.17. The smallest absolute Gasteiger partial charge is 0.338 e. The van der Waals surface area contributed by atoms with Crippen molar-refractivity contribution in [3.8, 4) is 5.75 Å². The Balaban J connectivity index is 1.72. The lowest BCUT2D eigenvalue weighted by Gasteiger charge is -2.15. The Morgan fingerprint density at radius 2 is 1.93 bits per heavy atom. The molecule has 3 aromatic rings. The molecule has 1 N–H and O–H groups in total. The van der Waals surface area contributed by atoms with E-state index in [1.54, 1.807) is 24.3 Å². The third-order valence-corrected chi connectivity index (χ3v) is 4.41. The number of hydrogen-bond donors (Lipinski definition) is 1. The number of anilines is 1. The number of methoxy groups -OCH3 is 1. The van der Waals surface area contributed by atoms with Crippen LogP contribution >= 0.6 is 11.6 Å². The molecular weight excluding hydrogens is 414 g/mol. The number of rotatable bonds is 6. The highest BCUT2D eigenvalue weighted by molar-refractivity contribution is 6.29. The zero-order valence-corrected chi connectivity index (χ0v) is 16.7. The summed E-state index contributed by atoms with van der Waals surface area (Å²) < 4.78 is 10.3. The van der Waals surface area contributed by atoms with E-state index in [-0.39, 0.29) is 22.7 Å². The monoisotopic (exact) mass is 429 g/mol. The van der Waals surface area contributed by atoms with E-state index in [0.29, 0.717) is 16.1 Å². The number of carbonyl (C=O) groups is 2. The summed E-state index contributed by atoms with van der Waals surface area (Å²) in [5, 5.41) is 14.5. The number of aromatic nitrogens is 1. The first-order valence-corrected chi connectivity index (χ1v) is 9.07. The lowest BCUT2D eigenvalue weighted by molar-refractivity contribution is -0.384. The molecule has 2 aromatic carbocycles. The number of carbonyl (C=O) groups excluding carboxylic acids is 2. The third kappa shape index (κ3) is 4.64. The van der Waals surface area contributed by atoms with E-state index in [0.717, 1.165) is 6.07 Å². The average molecular weight is 430 g/mol. The van der Waals surface area contributed by atoms with Crippen LogP contribution in [0.3, 0.4) is 0 Å². The molecular formula is C20H16ClN3O6. The molecule has 0 fully saturated rings. The summed E-state index contributed by atoms with van der Waals surface area (Å²) in [6, 6.07) is 11.8. The van der Waals surface area contributed by atoms with Gasteiger partial charge in [0.25, 0.3) is 11.6 Å². The predicted molar refractivity (Wildman–Crippen MR) is 110 cm³/mol. The molecule has 0 spiro atoms. The van der Waals surface area contributed by atoms with Crippen LogP contribution in [0.5, 0.6) is 5.75 Å². The maximum atomic E-state index is 12.4. The minimum Gasteiger partial charge on any atom is -0.495 e. The number of nitro benzene ring substituents is 1. The highest BCUT2D eigenvalue weighted by Crippen LogP contribution is 2.29. The van der Waals surface area contributed by atoms with Gasteiger partial charge in [0.05, 0.1) is 28.8 Å². The number of non-ortho nitro benzene ring substituents is 1. The molecule has 0 aliphatic heterocycles. The molecule has 1 aromatic heterocycles. The van der Waals surface area contributed by atoms with Crippen molar-refractivity contribution in [2.45, 2.75) is 13.0 Å². The van der Waals surface area contributed by atoms with Crippen molar-refractivity contribution in [1.29, 1.82) is 0 Å². The Bertz CT molecular complexity index is 1150. The van der Waals surface area contributed by atoms with E-state index in [9.17, 15) is 19.7 Å². The molecule has 9 nitrogen and oxygen atoms in total. The van der Waals surface area contributed by atoms with Gasteiger partial charge in [-0.3, -0.25) is 14.9 Å². The first-order valence-electron chi connectivity index (χ1n) is 8.69. The number of pyridine rings is 1. The molecule has 30 heavy (non-hydrogen) atoms. The van der Waals surface area contributed by atoms with Crippen molar-refractivity contribution in [2.24, 2.45) is 0 Å². The minimum absolute atomic E-state index is 0.0910. The number of fused-ring (bicyclic) bond motifs is 1. The third-order valence-electron chi connectivity index (χ3n) is 4.20. The van der Waals surface area contributed by atoms with Crippen molar-refractivity contribution < 1.29 is 24.0 Å². The Morgan fingerprint density at radius 3 is 2.63 bits per heavy atom. The second-order valence-corrected chi connectivity index (χ2v) is 6.61. The summed E-state index contributed by atoms with van der Waals surface area (Å²) in [6.07, 6.45) is -1.17. The Morgan fingerprint density at radius 1 is 1.17 bits per heavy atom. The molecule has 0 radical (unpaired) electrons. The largest absolute Gasteiger partial charge is 0.495 e. The van der Waals surface area contributed by atoms with Gasteiger partial charge >= 0.3 is 5.97 Å². The molecule has 0 aliphatic carbocycles. The maximum absolute atomic E-state index is 12.4. The summed E-state index contributed by atoms with van der Waals surface area (Å²) in [6.45, 7) is 1.39. The molecule has 1 atom stereocenters. The Hall–Kier alpha value is -3.72. The number of amides is 1. The van der Waals surface area contributed by atoms with Crippen LogP contribution < -0.4 is 10.1 Å². The number of benzene rings is 2. The van der Waals surface area contributed by atoms with Crippen molar-refractivity contribution in [1.82, 2.24) is 4.98 Å². The Kier molecular flexibility index (Phi) is 6.12. The molecule has 0 aliphatic rings. The first kappa shape index (κ1) is 21.0. The molecule has 1 amide bonds. The Labute approximate surface area is 175 Å². The number of hydrogen-bond acceptors (Lipinski definition) is 7. The van der Waals surface area contributed by atoms with E-state index in [2.05, 4.69) is 10.3 Å². The normalized spacial score (nSPS) is 11.6. The van der Waals surface area contributed by atoms with Crippen molar-refractivity contribution in [2.75, 3.05) is 12.4 Å². The van der Waals surface area contributed by atoms with E-state index >= 15 is 0 Å². The zero-order valence-electron chi connectivity index (χ0n) is 15.9. The van der Waals surface area contributed by atoms with Gasteiger partial charge in [-0.2, -0.15) is 0 Å². The van der Waals surface area contributed by atoms with Gasteiger partial charge in [0.15, 0.2) is 6.10 Å². The average Bonchev–Trinajstić information content (AvgIpc) is 2.72. The van der Waals surface area contributed by atoms with E-state index in [4.69, 9.17) is 21.1 Å². The van der Waals surface area contributed by atoms with Crippen LogP contribution in [0.25, 0.3) is 10.9 Å². The zero-order chi connectivity index (χ0) is 21.8. The molecule has 154 valence electrons. The number of ether oxygens (including phenoxy) is 2. The predicted octanol–water partition coefficient (Wildman–Crippen LogP) is 3.99. The fourth-order valence-electron chi connectivity index (χ4n) is 2.65. The molecule has 10 heteroatoms. The van der Waals surface area contributed by atoms with Crippen molar-refractivity contribution in [3.63, 3.8) is 0 Å². The molecule has 0 bridgehead atoms. The molecule has 1 unspecified atom stereocenters. The second-order valence-electron chi connectivity index (χ2n) is 6.22. The highest BCUT2D eigenvalue weighted by atomic mass is 35.5. The van der Waals surface area contributed by atoms with Gasteiger partial charge in [0, 0.05) is 17.5 Å². The van der Waals surface area contributed by atoms with Crippen molar-refractivity contribution >= 4 is 45.8 Å². The van der Waals surface area contributed by atoms with Gasteiger partial charge < -0.3 is 14.8 Å². The molecule has 0 saturated heterocycles. The van der Waals surface area contributed by atoms with Gasteiger partial charge in [-0.1, -0.05) is 11.6 Å². The lowest BCUT2D eigenvalue weighted by atomic mass is 10.1. The highest BCUT2D eigenvalue weighted by Gasteiger charge is 2.21. The van der Waals surface area contributed by atoms with Crippen LogP contribution in [0.2, 0.25) is 5.15 Å². The topological polar surface area (TPSA) is 121 Å². The van der Waals surface area contributed by atoms with Crippen molar-refractivity contribution in [3.05, 3.63) is 69.4 Å². The summed E-state index contributed by atoms with van der Waals surface area (Å²) >= 11 is 5.85. The second kappa shape index (κ2) is 8.75. The number of nitrogens with zero attached hydrogens (tertiary/aromatic N) is 2. The van der Waals surface area contributed by atoms with Crippen LogP contribution in [0, 0.1) is 10.1 Å². The summed E-state index contributed by atoms with van der Waals surface area (Å²) in [5.41, 5.74) is 0.718. The van der Waals surface area contributed by atoms with E-state index in [1.165, 1.54) is 32.2 Å². The summed E-state index contributed by atoms with van der Waals surface area (Å²) in [5.74, 6) is -1.15. The summed E-state index contributed by atoms with van der Waals surface area (Å²) in [4.78, 5) is 39.4. The van der Waals surface area contributed by atoms with Crippen LogP contribution in [-0.4, -0.2) is 35.0 Å². The van der Waals surface area contributed by atoms with E-state index in [1.807, 2.05) is 0 Å². The lowest BCUT2D eigenvalue weighted by Crippen LogP contribution is -2.30. The van der Waals surface area contributed by atoms with Crippen LogP contribution in [-0.2, 0) is 9.53 Å². The molecule has 3 rings (SSSR count). The van der Waals surface area contributed by atoms with Crippen LogP contribution in [0.4, 0.5) is 11.4 Å². The van der Waals surface area contributed by atoms with Gasteiger partial charge in [0.2, 0.25) is 0 Å². The number of nitro groups is 1. The van der Waals surface area contributed by atoms with Gasteiger partial charge in [0.1, 0.15) is 10.9 Å².